The number of alkyl halides is 2. The van der Waals surface area contributed by atoms with Crippen LogP contribution in [0.1, 0.15) is 38.1 Å². The van der Waals surface area contributed by atoms with Crippen LogP contribution in [0.3, 0.4) is 0 Å². The van der Waals surface area contributed by atoms with E-state index in [9.17, 15) is 18.4 Å². The Kier molecular flexibility index (Phi) is 6.23. The molecule has 0 bridgehead atoms. The van der Waals surface area contributed by atoms with Crippen LogP contribution < -0.4 is 10.1 Å². The summed E-state index contributed by atoms with van der Waals surface area (Å²) in [7, 11) is 0. The lowest BCUT2D eigenvalue weighted by Crippen LogP contribution is -2.28. The lowest BCUT2D eigenvalue weighted by Gasteiger charge is -2.20. The summed E-state index contributed by atoms with van der Waals surface area (Å²) in [5.74, 6) is -1.23. The fourth-order valence-electron chi connectivity index (χ4n) is 1.48. The number of aromatic nitrogens is 1. The average Bonchev–Trinajstić information content (AvgIpc) is 2.35. The largest absolute Gasteiger partial charge is 0.462 e. The molecule has 1 aromatic rings. The Bertz CT molecular complexity index is 573. The van der Waals surface area contributed by atoms with Crippen molar-refractivity contribution >= 4 is 17.7 Å². The van der Waals surface area contributed by atoms with Crippen molar-refractivity contribution < 1.29 is 32.6 Å². The summed E-state index contributed by atoms with van der Waals surface area (Å²) in [4.78, 5) is 27.2. The average molecular weight is 332 g/mol. The number of ether oxygens (including phenoxy) is 3. The van der Waals surface area contributed by atoms with Crippen LogP contribution in [-0.2, 0) is 9.47 Å². The number of hydrogen-bond donors (Lipinski definition) is 1. The molecule has 0 aromatic carbocycles. The van der Waals surface area contributed by atoms with E-state index in [2.05, 4.69) is 15.0 Å². The van der Waals surface area contributed by atoms with Crippen LogP contribution in [0.5, 0.6) is 5.88 Å². The third kappa shape index (κ3) is 6.45. The van der Waals surface area contributed by atoms with Gasteiger partial charge in [0.15, 0.2) is 0 Å². The van der Waals surface area contributed by atoms with Crippen LogP contribution in [0.25, 0.3) is 0 Å². The predicted molar refractivity (Wildman–Crippen MR) is 76.7 cm³/mol. The van der Waals surface area contributed by atoms with Crippen LogP contribution in [0.15, 0.2) is 12.3 Å². The molecule has 9 heteroatoms. The minimum absolute atomic E-state index is 0.0972. The number of halogens is 2. The molecule has 0 fully saturated rings. The highest BCUT2D eigenvalue weighted by Gasteiger charge is 2.21. The molecule has 1 amide bonds. The fraction of sp³-hybridized carbons (Fsp3) is 0.500. The number of carbonyl (C=O) groups excluding carboxylic acids is 2. The zero-order chi connectivity index (χ0) is 17.6. The standard InChI is InChI=1S/C14H18F2N2O5/c1-5-21-11(19)8-7-17-10(22-12(15)16)6-9(8)18-13(20)23-14(2,3)4/h6-7,12H,5H2,1-4H3,(H,17,18,20). The zero-order valence-corrected chi connectivity index (χ0v) is 13.2. The minimum atomic E-state index is -3.09. The molecule has 0 aliphatic heterocycles. The Morgan fingerprint density at radius 2 is 2.00 bits per heavy atom. The third-order valence-corrected chi connectivity index (χ3v) is 2.22. The lowest BCUT2D eigenvalue weighted by atomic mass is 10.2. The molecule has 128 valence electrons. The summed E-state index contributed by atoms with van der Waals surface area (Å²) >= 11 is 0. The van der Waals surface area contributed by atoms with Gasteiger partial charge in [0.25, 0.3) is 0 Å². The second-order valence-electron chi connectivity index (χ2n) is 5.29. The van der Waals surface area contributed by atoms with E-state index in [-0.39, 0.29) is 17.9 Å². The fourth-order valence-corrected chi connectivity index (χ4v) is 1.48. The van der Waals surface area contributed by atoms with Gasteiger partial charge >= 0.3 is 18.7 Å². The molecule has 0 unspecified atom stereocenters. The third-order valence-electron chi connectivity index (χ3n) is 2.22. The molecule has 1 heterocycles. The van der Waals surface area contributed by atoms with Gasteiger partial charge in [-0.3, -0.25) is 5.32 Å². The summed E-state index contributed by atoms with van der Waals surface area (Å²) in [6.07, 6.45) is 0.111. The van der Waals surface area contributed by atoms with E-state index >= 15 is 0 Å². The first kappa shape index (κ1) is 18.6. The molecule has 0 aliphatic carbocycles. The van der Waals surface area contributed by atoms with Gasteiger partial charge in [0, 0.05) is 12.3 Å². The van der Waals surface area contributed by atoms with Crippen molar-refractivity contribution in [2.45, 2.75) is 39.9 Å². The maximum Gasteiger partial charge on any atom is 0.412 e. The van der Waals surface area contributed by atoms with Gasteiger partial charge in [0.1, 0.15) is 11.2 Å². The van der Waals surface area contributed by atoms with E-state index in [0.717, 1.165) is 12.3 Å². The van der Waals surface area contributed by atoms with Crippen LogP contribution in [0, 0.1) is 0 Å². The monoisotopic (exact) mass is 332 g/mol. The topological polar surface area (TPSA) is 86.8 Å². The van der Waals surface area contributed by atoms with Crippen molar-refractivity contribution in [1.82, 2.24) is 4.98 Å². The lowest BCUT2D eigenvalue weighted by molar-refractivity contribution is -0.0528. The molecule has 0 radical (unpaired) electrons. The van der Waals surface area contributed by atoms with Gasteiger partial charge in [-0.15, -0.1) is 0 Å². The second-order valence-corrected chi connectivity index (χ2v) is 5.29. The Morgan fingerprint density at radius 3 is 2.52 bits per heavy atom. The summed E-state index contributed by atoms with van der Waals surface area (Å²) in [6.45, 7) is 3.55. The van der Waals surface area contributed by atoms with Gasteiger partial charge in [-0.1, -0.05) is 0 Å². The van der Waals surface area contributed by atoms with Crippen LogP contribution >= 0.6 is 0 Å². The minimum Gasteiger partial charge on any atom is -0.462 e. The summed E-state index contributed by atoms with van der Waals surface area (Å²) in [5, 5.41) is 2.29. The maximum absolute atomic E-state index is 12.3. The van der Waals surface area contributed by atoms with E-state index in [1.807, 2.05) is 0 Å². The molecule has 23 heavy (non-hydrogen) atoms. The van der Waals surface area contributed by atoms with E-state index in [4.69, 9.17) is 9.47 Å². The predicted octanol–water partition coefficient (Wildman–Crippen LogP) is 3.21. The first-order valence-corrected chi connectivity index (χ1v) is 6.74. The number of nitrogens with zero attached hydrogens (tertiary/aromatic N) is 1. The number of anilines is 1. The molecule has 1 N–H and O–H groups in total. The molecule has 0 saturated heterocycles. The van der Waals surface area contributed by atoms with Gasteiger partial charge in [-0.05, 0) is 27.7 Å². The van der Waals surface area contributed by atoms with Crippen LogP contribution in [-0.4, -0.2) is 35.9 Å². The molecule has 1 rings (SSSR count). The highest BCUT2D eigenvalue weighted by molar-refractivity contribution is 5.99. The number of rotatable bonds is 5. The number of pyridine rings is 1. The zero-order valence-electron chi connectivity index (χ0n) is 13.2. The van der Waals surface area contributed by atoms with Gasteiger partial charge in [-0.25, -0.2) is 14.6 Å². The highest BCUT2D eigenvalue weighted by atomic mass is 19.3. The number of esters is 1. The number of amides is 1. The van der Waals surface area contributed by atoms with Crippen molar-refractivity contribution in [2.75, 3.05) is 11.9 Å². The maximum atomic E-state index is 12.3. The number of nitrogens with one attached hydrogen (secondary N) is 1. The molecule has 0 spiro atoms. The summed E-state index contributed by atoms with van der Waals surface area (Å²) in [6, 6.07) is 0.988. The Balaban J connectivity index is 3.07. The molecular formula is C14H18F2N2O5. The van der Waals surface area contributed by atoms with E-state index in [1.165, 1.54) is 0 Å². The van der Waals surface area contributed by atoms with Crippen molar-refractivity contribution in [2.24, 2.45) is 0 Å². The Hall–Kier alpha value is -2.45. The Labute approximate surface area is 131 Å². The van der Waals surface area contributed by atoms with Crippen molar-refractivity contribution in [3.8, 4) is 5.88 Å². The number of hydrogen-bond acceptors (Lipinski definition) is 6. The van der Waals surface area contributed by atoms with Crippen molar-refractivity contribution in [1.29, 1.82) is 0 Å². The van der Waals surface area contributed by atoms with Gasteiger partial charge < -0.3 is 14.2 Å². The van der Waals surface area contributed by atoms with E-state index in [0.29, 0.717) is 0 Å². The van der Waals surface area contributed by atoms with E-state index < -0.39 is 30.2 Å². The first-order valence-electron chi connectivity index (χ1n) is 6.74. The quantitative estimate of drug-likeness (QED) is 0.833. The van der Waals surface area contributed by atoms with Crippen LogP contribution in [0.4, 0.5) is 19.3 Å². The molecule has 7 nitrogen and oxygen atoms in total. The normalized spacial score (nSPS) is 11.1. The second kappa shape index (κ2) is 7.70. The number of carbonyl (C=O) groups is 2. The molecule has 0 atom stereocenters. The van der Waals surface area contributed by atoms with Gasteiger partial charge in [0.05, 0.1) is 12.3 Å². The SMILES string of the molecule is CCOC(=O)c1cnc(OC(F)F)cc1NC(=O)OC(C)(C)C. The Morgan fingerprint density at radius 1 is 1.35 bits per heavy atom. The van der Waals surface area contributed by atoms with Crippen LogP contribution in [0.2, 0.25) is 0 Å². The highest BCUT2D eigenvalue weighted by Crippen LogP contribution is 2.23. The summed E-state index contributed by atoms with van der Waals surface area (Å²) in [5.41, 5.74) is -0.994. The molecule has 0 aliphatic rings. The molecular weight excluding hydrogens is 314 g/mol. The van der Waals surface area contributed by atoms with Crippen molar-refractivity contribution in [3.05, 3.63) is 17.8 Å². The van der Waals surface area contributed by atoms with Gasteiger partial charge in [-0.2, -0.15) is 8.78 Å². The van der Waals surface area contributed by atoms with Gasteiger partial charge in [0.2, 0.25) is 5.88 Å². The van der Waals surface area contributed by atoms with E-state index in [1.54, 1.807) is 27.7 Å². The first-order chi connectivity index (χ1) is 10.6. The smallest absolute Gasteiger partial charge is 0.412 e. The molecule has 1 aromatic heterocycles. The molecule has 0 saturated carbocycles. The summed E-state index contributed by atoms with van der Waals surface area (Å²) < 4.78 is 38.5. The van der Waals surface area contributed by atoms with Crippen molar-refractivity contribution in [3.63, 3.8) is 0 Å².